The number of amides is 9. The van der Waals surface area contributed by atoms with Gasteiger partial charge in [-0.3, -0.25) is 43.2 Å². The van der Waals surface area contributed by atoms with Crippen LogP contribution in [0.5, 0.6) is 0 Å². The number of nitrogens with one attached hydrogen (secondary N) is 6. The highest BCUT2D eigenvalue weighted by Crippen LogP contribution is 2.27. The van der Waals surface area contributed by atoms with E-state index in [0.29, 0.717) is 32.1 Å². The quantitative estimate of drug-likeness (QED) is 0.0648. The number of carboxylic acid groups (broad SMARTS) is 1. The van der Waals surface area contributed by atoms with Crippen LogP contribution in [0.4, 0.5) is 0 Å². The molecule has 0 bridgehead atoms. The number of carbonyl (C=O) groups excluding carboxylic acids is 9. The molecule has 24 nitrogen and oxygen atoms in total. The van der Waals surface area contributed by atoms with Crippen LogP contribution in [-0.2, 0) is 47.9 Å². The fourth-order valence-corrected chi connectivity index (χ4v) is 9.91. The first kappa shape index (κ1) is 55.6. The third-order valence-electron chi connectivity index (χ3n) is 11.7. The lowest BCUT2D eigenvalue weighted by Gasteiger charge is -2.35. The lowest BCUT2D eigenvalue weighted by molar-refractivity contribution is -0.149. The van der Waals surface area contributed by atoms with Crippen LogP contribution >= 0.6 is 21.6 Å². The van der Waals surface area contributed by atoms with E-state index in [9.17, 15) is 63.3 Å². The van der Waals surface area contributed by atoms with Crippen molar-refractivity contribution < 1.29 is 63.3 Å². The molecule has 9 amide bonds. The Balaban J connectivity index is 2.03. The van der Waals surface area contributed by atoms with Gasteiger partial charge in [0, 0.05) is 31.0 Å². The van der Waals surface area contributed by atoms with E-state index in [1.807, 2.05) is 0 Å². The number of aliphatic carboxylic acids is 1. The average Bonchev–Trinajstić information content (AvgIpc) is 3.98. The van der Waals surface area contributed by atoms with Gasteiger partial charge in [-0.05, 0) is 70.8 Å². The highest BCUT2D eigenvalue weighted by Gasteiger charge is 2.45. The van der Waals surface area contributed by atoms with Gasteiger partial charge in [0.1, 0.15) is 48.3 Å². The zero-order chi connectivity index (χ0) is 49.2. The van der Waals surface area contributed by atoms with Crippen LogP contribution in [0.1, 0.15) is 85.0 Å². The topological polar surface area (TPSA) is 388 Å². The van der Waals surface area contributed by atoms with Crippen LogP contribution in [0.3, 0.4) is 0 Å². The molecule has 3 fully saturated rings. The summed E-state index contributed by atoms with van der Waals surface area (Å²) in [6.07, 6.45) is 0.165. The number of unbranched alkanes of at least 4 members (excludes halogenated alkanes) is 1. The summed E-state index contributed by atoms with van der Waals surface area (Å²) < 4.78 is 0. The molecule has 15 N–H and O–H groups in total. The van der Waals surface area contributed by atoms with Crippen LogP contribution in [0, 0.1) is 5.92 Å². The third-order valence-corrected chi connectivity index (χ3v) is 14.2. The number of nitrogens with zero attached hydrogens (tertiary/aromatic N) is 2. The van der Waals surface area contributed by atoms with Gasteiger partial charge in [-0.2, -0.15) is 0 Å². The minimum Gasteiger partial charge on any atom is -0.480 e. The summed E-state index contributed by atoms with van der Waals surface area (Å²) in [7, 11) is 1.89. The van der Waals surface area contributed by atoms with Gasteiger partial charge in [0.15, 0.2) is 0 Å². The minimum absolute atomic E-state index is 0.00783. The second kappa shape index (κ2) is 27.2. The standard InChI is InChI=1S/C40H67N11O13S2/c1-4-20(2)30-39(62)51-16-8-11-28(51)38(61)50-15-7-10-27(50)36(59)44-24(12-13-29(43)54)34(57)47-26(40(63)64)19-66-65-18-22(42)32(55)49-31(21(3)53)37(60)45-23(9-5-6-14-41)33(56)46-25(17-52)35(58)48-30/h20-28,30-31,52-53H,4-19,41-42H2,1-3H3,(H2,43,54)(H,44,59)(H,45,60)(H,46,56)(H,47,57)(H,48,58)(H,49,55)(H,63,64)/t20-,21+,22-,23-,24-,25-,26-,27-,28-,30-,31-/m0/s1. The Morgan fingerprint density at radius 2 is 1.26 bits per heavy atom. The summed E-state index contributed by atoms with van der Waals surface area (Å²) >= 11 is 0. The van der Waals surface area contributed by atoms with Gasteiger partial charge in [0.05, 0.1) is 18.8 Å². The summed E-state index contributed by atoms with van der Waals surface area (Å²) in [6, 6.07) is -12.3. The first-order valence-electron chi connectivity index (χ1n) is 22.2. The number of aliphatic hydroxyl groups is 2. The second-order valence-corrected chi connectivity index (χ2v) is 19.3. The Hall–Kier alpha value is -4.76. The number of rotatable bonds is 12. The van der Waals surface area contributed by atoms with E-state index in [0.717, 1.165) is 21.6 Å². The van der Waals surface area contributed by atoms with E-state index >= 15 is 0 Å². The Labute approximate surface area is 390 Å². The zero-order valence-electron chi connectivity index (χ0n) is 37.5. The number of hydrogen-bond donors (Lipinski definition) is 12. The first-order chi connectivity index (χ1) is 31.2. The van der Waals surface area contributed by atoms with Gasteiger partial charge < -0.3 is 74.2 Å². The summed E-state index contributed by atoms with van der Waals surface area (Å²) in [5.74, 6) is -9.77. The van der Waals surface area contributed by atoms with Crippen molar-refractivity contribution in [3.05, 3.63) is 0 Å². The first-order valence-corrected chi connectivity index (χ1v) is 24.7. The van der Waals surface area contributed by atoms with Crippen molar-refractivity contribution >= 4 is 80.7 Å². The zero-order valence-corrected chi connectivity index (χ0v) is 39.2. The molecule has 3 rings (SSSR count). The van der Waals surface area contributed by atoms with Crippen LogP contribution in [0.2, 0.25) is 0 Å². The van der Waals surface area contributed by atoms with E-state index in [1.54, 1.807) is 13.8 Å². The molecule has 0 aliphatic carbocycles. The maximum Gasteiger partial charge on any atom is 0.327 e. The summed E-state index contributed by atoms with van der Waals surface area (Å²) in [5.41, 5.74) is 17.1. The largest absolute Gasteiger partial charge is 0.480 e. The number of hydrogen-bond acceptors (Lipinski definition) is 16. The van der Waals surface area contributed by atoms with Gasteiger partial charge in [-0.15, -0.1) is 0 Å². The molecule has 3 saturated heterocycles. The van der Waals surface area contributed by atoms with Crippen molar-refractivity contribution in [3.63, 3.8) is 0 Å². The lowest BCUT2D eigenvalue weighted by atomic mass is 9.96. The van der Waals surface area contributed by atoms with Crippen molar-refractivity contribution in [1.82, 2.24) is 41.7 Å². The predicted molar refractivity (Wildman–Crippen MR) is 241 cm³/mol. The molecule has 372 valence electrons. The Kier molecular flexibility index (Phi) is 22.9. The molecule has 0 saturated carbocycles. The van der Waals surface area contributed by atoms with Crippen LogP contribution in [0.25, 0.3) is 0 Å². The van der Waals surface area contributed by atoms with Crippen molar-refractivity contribution in [2.24, 2.45) is 23.1 Å². The second-order valence-electron chi connectivity index (χ2n) is 16.7. The lowest BCUT2D eigenvalue weighted by Crippen LogP contribution is -2.62. The molecule has 0 aromatic heterocycles. The number of nitrogens with two attached hydrogens (primary N) is 3. The molecule has 11 atom stereocenters. The highest BCUT2D eigenvalue weighted by molar-refractivity contribution is 8.76. The number of carboxylic acids is 1. The maximum atomic E-state index is 14.4. The molecule has 26 heteroatoms. The highest BCUT2D eigenvalue weighted by atomic mass is 33.1. The van der Waals surface area contributed by atoms with Crippen LogP contribution in [0.15, 0.2) is 0 Å². The van der Waals surface area contributed by atoms with Crippen molar-refractivity contribution in [2.45, 2.75) is 145 Å². The van der Waals surface area contributed by atoms with E-state index in [-0.39, 0.29) is 63.2 Å². The van der Waals surface area contributed by atoms with Crippen molar-refractivity contribution in [3.8, 4) is 0 Å². The van der Waals surface area contributed by atoms with E-state index in [4.69, 9.17) is 17.2 Å². The minimum atomic E-state index is -1.63. The molecule has 0 aromatic carbocycles. The fraction of sp³-hybridized carbons (Fsp3) is 0.750. The van der Waals surface area contributed by atoms with Gasteiger partial charge in [-0.1, -0.05) is 41.9 Å². The number of aliphatic hydroxyl groups excluding tert-OH is 2. The van der Waals surface area contributed by atoms with Gasteiger partial charge in [0.25, 0.3) is 0 Å². The van der Waals surface area contributed by atoms with Gasteiger partial charge in [-0.25, -0.2) is 4.79 Å². The average molecular weight is 974 g/mol. The SMILES string of the molecule is CC[C@H](C)[C@@H]1NC(=O)[C@H](CO)NC(=O)[C@H](CCCCN)NC(=O)[C@H]([C@@H](C)O)NC(=O)[C@@H](N)CSSC[C@@H](C(=O)O)NC(=O)[C@H](CCC(N)=O)NC(=O)[C@@H]2CCCN2C(=O)[C@@H]2CCCN2C1=O. The number of carbonyl (C=O) groups is 10. The fourth-order valence-electron chi connectivity index (χ4n) is 7.64. The normalized spacial score (nSPS) is 29.6. The Morgan fingerprint density at radius 1 is 0.712 bits per heavy atom. The molecule has 3 aliphatic heterocycles. The van der Waals surface area contributed by atoms with E-state index in [1.165, 1.54) is 16.7 Å². The number of primary amides is 1. The molecule has 0 unspecified atom stereocenters. The summed E-state index contributed by atoms with van der Waals surface area (Å²) in [5, 5.41) is 45.7. The molecule has 0 aromatic rings. The summed E-state index contributed by atoms with van der Waals surface area (Å²) in [6.45, 7) is 4.27. The van der Waals surface area contributed by atoms with Gasteiger partial charge >= 0.3 is 5.97 Å². The molecule has 3 heterocycles. The third kappa shape index (κ3) is 16.0. The Morgan fingerprint density at radius 3 is 1.85 bits per heavy atom. The smallest absolute Gasteiger partial charge is 0.327 e. The van der Waals surface area contributed by atoms with E-state index < -0.39 is 132 Å². The van der Waals surface area contributed by atoms with Crippen LogP contribution < -0.4 is 49.1 Å². The predicted octanol–water partition coefficient (Wildman–Crippen LogP) is -4.50. The van der Waals surface area contributed by atoms with E-state index in [2.05, 4.69) is 31.9 Å². The van der Waals surface area contributed by atoms with Crippen LogP contribution in [-0.4, -0.2) is 182 Å². The molecular formula is C40H67N11O13S2. The summed E-state index contributed by atoms with van der Waals surface area (Å²) in [4.78, 5) is 137. The molecule has 0 radical (unpaired) electrons. The van der Waals surface area contributed by atoms with Gasteiger partial charge in [0.2, 0.25) is 53.2 Å². The maximum absolute atomic E-state index is 14.4. The monoisotopic (exact) mass is 973 g/mol. The van der Waals surface area contributed by atoms with Crippen molar-refractivity contribution in [1.29, 1.82) is 0 Å². The molecule has 3 aliphatic rings. The Bertz CT molecular complexity index is 1760. The molecular weight excluding hydrogens is 907 g/mol. The van der Waals surface area contributed by atoms with Crippen molar-refractivity contribution in [2.75, 3.05) is 37.7 Å². The molecule has 66 heavy (non-hydrogen) atoms. The molecule has 0 spiro atoms. The number of fused-ring (bicyclic) bond motifs is 2.